The molecular weight excluding hydrogens is 262 g/mol. The lowest BCUT2D eigenvalue weighted by Gasteiger charge is -2.10. The van der Waals surface area contributed by atoms with Gasteiger partial charge in [0.25, 0.3) is 0 Å². The van der Waals surface area contributed by atoms with Gasteiger partial charge in [-0.2, -0.15) is 0 Å². The van der Waals surface area contributed by atoms with Crippen LogP contribution in [0, 0.1) is 5.92 Å². The summed E-state index contributed by atoms with van der Waals surface area (Å²) in [6, 6.07) is 11.7. The van der Waals surface area contributed by atoms with Crippen LogP contribution in [0.4, 0.5) is 11.4 Å². The van der Waals surface area contributed by atoms with Gasteiger partial charge in [-0.15, -0.1) is 0 Å². The summed E-state index contributed by atoms with van der Waals surface area (Å²) in [5.74, 6) is 0.409. The minimum Gasteiger partial charge on any atom is -0.381 e. The average Bonchev–Trinajstić information content (AvgIpc) is 2.46. The third kappa shape index (κ3) is 5.26. The van der Waals surface area contributed by atoms with Gasteiger partial charge in [0.2, 0.25) is 5.91 Å². The van der Waals surface area contributed by atoms with Crippen molar-refractivity contribution in [2.75, 3.05) is 10.6 Å². The molecule has 1 heterocycles. The van der Waals surface area contributed by atoms with E-state index >= 15 is 0 Å². The Labute approximate surface area is 125 Å². The number of carbonyl (C=O) groups excluding carboxylic acids is 1. The fraction of sp³-hybridized carbons (Fsp3) is 0.294. The molecule has 0 unspecified atom stereocenters. The number of nitrogens with one attached hydrogen (secondary N) is 2. The average molecular weight is 283 g/mol. The van der Waals surface area contributed by atoms with E-state index in [0.717, 1.165) is 16.9 Å². The lowest BCUT2D eigenvalue weighted by molar-refractivity contribution is -0.116. The van der Waals surface area contributed by atoms with Gasteiger partial charge in [0.15, 0.2) is 0 Å². The molecule has 0 aliphatic carbocycles. The van der Waals surface area contributed by atoms with E-state index in [-0.39, 0.29) is 5.91 Å². The van der Waals surface area contributed by atoms with Crippen molar-refractivity contribution in [1.29, 1.82) is 0 Å². The van der Waals surface area contributed by atoms with Gasteiger partial charge in [-0.05, 0) is 35.7 Å². The zero-order valence-corrected chi connectivity index (χ0v) is 12.5. The molecule has 0 aliphatic rings. The molecule has 0 bridgehead atoms. The summed E-state index contributed by atoms with van der Waals surface area (Å²) in [5, 5.41) is 6.24. The molecule has 1 aromatic carbocycles. The number of nitrogens with zero attached hydrogens (tertiary/aromatic N) is 1. The maximum absolute atomic E-state index is 11.8. The first-order chi connectivity index (χ1) is 10.1. The summed E-state index contributed by atoms with van der Waals surface area (Å²) in [7, 11) is 0. The number of rotatable bonds is 6. The summed E-state index contributed by atoms with van der Waals surface area (Å²) < 4.78 is 0. The fourth-order valence-corrected chi connectivity index (χ4v) is 2.00. The smallest absolute Gasteiger partial charge is 0.224 e. The van der Waals surface area contributed by atoms with Crippen LogP contribution in [0.25, 0.3) is 0 Å². The fourth-order valence-electron chi connectivity index (χ4n) is 2.00. The molecular formula is C17H21N3O. The molecule has 1 amide bonds. The highest BCUT2D eigenvalue weighted by Crippen LogP contribution is 2.16. The van der Waals surface area contributed by atoms with Crippen molar-refractivity contribution in [3.8, 4) is 0 Å². The predicted octanol–water partition coefficient (Wildman–Crippen LogP) is 3.68. The zero-order valence-electron chi connectivity index (χ0n) is 12.5. The molecule has 21 heavy (non-hydrogen) atoms. The molecule has 2 N–H and O–H groups in total. The third-order valence-electron chi connectivity index (χ3n) is 2.96. The van der Waals surface area contributed by atoms with Crippen LogP contribution < -0.4 is 10.6 Å². The number of hydrogen-bond donors (Lipinski definition) is 2. The van der Waals surface area contributed by atoms with Gasteiger partial charge >= 0.3 is 0 Å². The van der Waals surface area contributed by atoms with Crippen LogP contribution >= 0.6 is 0 Å². The Morgan fingerprint density at radius 2 is 2.00 bits per heavy atom. The number of carbonyl (C=O) groups is 1. The number of aromatic nitrogens is 1. The first-order valence-corrected chi connectivity index (χ1v) is 7.16. The van der Waals surface area contributed by atoms with Crippen molar-refractivity contribution in [1.82, 2.24) is 4.98 Å². The predicted molar refractivity (Wildman–Crippen MR) is 86.1 cm³/mol. The van der Waals surface area contributed by atoms with Gasteiger partial charge in [-0.3, -0.25) is 9.78 Å². The number of benzene rings is 1. The summed E-state index contributed by atoms with van der Waals surface area (Å²) >= 11 is 0. The SMILES string of the molecule is CC(C)CC(=O)Nc1cccc(NCc2cccnc2)c1. The van der Waals surface area contributed by atoms with E-state index in [1.54, 1.807) is 6.20 Å². The molecule has 1 aromatic heterocycles. The largest absolute Gasteiger partial charge is 0.381 e. The van der Waals surface area contributed by atoms with Gasteiger partial charge < -0.3 is 10.6 Å². The third-order valence-corrected chi connectivity index (χ3v) is 2.96. The van der Waals surface area contributed by atoms with Crippen molar-refractivity contribution in [2.24, 2.45) is 5.92 Å². The van der Waals surface area contributed by atoms with E-state index in [9.17, 15) is 4.79 Å². The van der Waals surface area contributed by atoms with E-state index in [0.29, 0.717) is 18.9 Å². The highest BCUT2D eigenvalue weighted by Gasteiger charge is 2.05. The minimum absolute atomic E-state index is 0.0504. The normalized spacial score (nSPS) is 10.4. The van der Waals surface area contributed by atoms with E-state index in [2.05, 4.69) is 15.6 Å². The summed E-state index contributed by atoms with van der Waals surface area (Å²) in [6.45, 7) is 4.77. The molecule has 0 aliphatic heterocycles. The molecule has 0 saturated heterocycles. The number of pyridine rings is 1. The van der Waals surface area contributed by atoms with Crippen LogP contribution in [-0.4, -0.2) is 10.9 Å². The quantitative estimate of drug-likeness (QED) is 0.850. The lowest BCUT2D eigenvalue weighted by Crippen LogP contribution is -2.13. The van der Waals surface area contributed by atoms with Crippen molar-refractivity contribution < 1.29 is 4.79 Å². The number of anilines is 2. The molecule has 0 atom stereocenters. The van der Waals surface area contributed by atoms with Crippen LogP contribution in [0.15, 0.2) is 48.8 Å². The number of hydrogen-bond acceptors (Lipinski definition) is 3. The van der Waals surface area contributed by atoms with Crippen molar-refractivity contribution >= 4 is 17.3 Å². The van der Waals surface area contributed by atoms with Crippen LogP contribution in [0.2, 0.25) is 0 Å². The summed E-state index contributed by atoms with van der Waals surface area (Å²) in [4.78, 5) is 15.9. The second kappa shape index (κ2) is 7.43. The van der Waals surface area contributed by atoms with Gasteiger partial charge in [0, 0.05) is 36.7 Å². The topological polar surface area (TPSA) is 54.0 Å². The maximum Gasteiger partial charge on any atom is 0.224 e. The van der Waals surface area contributed by atoms with E-state index < -0.39 is 0 Å². The Balaban J connectivity index is 1.93. The Hall–Kier alpha value is -2.36. The maximum atomic E-state index is 11.8. The summed E-state index contributed by atoms with van der Waals surface area (Å²) in [5.41, 5.74) is 2.91. The van der Waals surface area contributed by atoms with Gasteiger partial charge in [-0.1, -0.05) is 26.0 Å². The highest BCUT2D eigenvalue weighted by atomic mass is 16.1. The van der Waals surface area contributed by atoms with Crippen molar-refractivity contribution in [3.63, 3.8) is 0 Å². The molecule has 2 rings (SSSR count). The van der Waals surface area contributed by atoms with Crippen LogP contribution in [-0.2, 0) is 11.3 Å². The molecule has 0 fully saturated rings. The molecule has 4 heteroatoms. The number of amides is 1. The lowest BCUT2D eigenvalue weighted by atomic mass is 10.1. The van der Waals surface area contributed by atoms with Crippen molar-refractivity contribution in [2.45, 2.75) is 26.8 Å². The van der Waals surface area contributed by atoms with E-state index in [1.165, 1.54) is 0 Å². The molecule has 0 radical (unpaired) electrons. The Morgan fingerprint density at radius 1 is 1.19 bits per heavy atom. The molecule has 4 nitrogen and oxygen atoms in total. The van der Waals surface area contributed by atoms with Gasteiger partial charge in [0.05, 0.1) is 0 Å². The molecule has 2 aromatic rings. The van der Waals surface area contributed by atoms with Crippen LogP contribution in [0.3, 0.4) is 0 Å². The zero-order chi connectivity index (χ0) is 15.1. The standard InChI is InChI=1S/C17H21N3O/c1-13(2)9-17(21)20-16-7-3-6-15(10-16)19-12-14-5-4-8-18-11-14/h3-8,10-11,13,19H,9,12H2,1-2H3,(H,20,21). The summed E-state index contributed by atoms with van der Waals surface area (Å²) in [6.07, 6.45) is 4.13. The first-order valence-electron chi connectivity index (χ1n) is 7.16. The highest BCUT2D eigenvalue weighted by molar-refractivity contribution is 5.91. The van der Waals surface area contributed by atoms with Gasteiger partial charge in [0.1, 0.15) is 0 Å². The Bertz CT molecular complexity index is 582. The molecule has 110 valence electrons. The second-order valence-electron chi connectivity index (χ2n) is 5.44. The van der Waals surface area contributed by atoms with E-state index in [4.69, 9.17) is 0 Å². The second-order valence-corrected chi connectivity index (χ2v) is 5.44. The van der Waals surface area contributed by atoms with Crippen molar-refractivity contribution in [3.05, 3.63) is 54.4 Å². The minimum atomic E-state index is 0.0504. The van der Waals surface area contributed by atoms with Crippen LogP contribution in [0.1, 0.15) is 25.8 Å². The molecule has 0 saturated carbocycles. The van der Waals surface area contributed by atoms with Crippen LogP contribution in [0.5, 0.6) is 0 Å². The van der Waals surface area contributed by atoms with Gasteiger partial charge in [-0.25, -0.2) is 0 Å². The molecule has 0 spiro atoms. The Morgan fingerprint density at radius 3 is 2.71 bits per heavy atom. The van der Waals surface area contributed by atoms with E-state index in [1.807, 2.05) is 56.4 Å². The monoisotopic (exact) mass is 283 g/mol. The Kier molecular flexibility index (Phi) is 5.32. The first kappa shape index (κ1) is 15.0.